The zero-order chi connectivity index (χ0) is 13.1. The van der Waals surface area contributed by atoms with Crippen molar-refractivity contribution in [1.29, 1.82) is 0 Å². The summed E-state index contributed by atoms with van der Waals surface area (Å²) in [6.45, 7) is 0.955. The first-order valence-electron chi connectivity index (χ1n) is 7.36. The molecule has 2 aliphatic rings. The maximum absolute atomic E-state index is 5.95. The third-order valence-electron chi connectivity index (χ3n) is 4.36. The number of hydrogen-bond donors (Lipinski definition) is 1. The maximum atomic E-state index is 5.95. The van der Waals surface area contributed by atoms with Gasteiger partial charge in [0.2, 0.25) is 0 Å². The molecule has 1 heterocycles. The number of hydrogen-bond acceptors (Lipinski definition) is 3. The van der Waals surface area contributed by atoms with Gasteiger partial charge in [0.15, 0.2) is 0 Å². The summed E-state index contributed by atoms with van der Waals surface area (Å²) in [4.78, 5) is 0. The standard InChI is InChI=1S/C16H23NO2/c1-18-14-8-6-13(7-9-14)17-11-15-10-12-4-2-3-5-16(12)19-15/h2-5,13-15,17H,6-11H2,1H3. The Labute approximate surface area is 115 Å². The van der Waals surface area contributed by atoms with E-state index in [1.54, 1.807) is 0 Å². The Morgan fingerprint density at radius 1 is 1.21 bits per heavy atom. The summed E-state index contributed by atoms with van der Waals surface area (Å²) in [5.74, 6) is 1.07. The molecule has 19 heavy (non-hydrogen) atoms. The Balaban J connectivity index is 1.43. The quantitative estimate of drug-likeness (QED) is 0.903. The van der Waals surface area contributed by atoms with E-state index in [4.69, 9.17) is 9.47 Å². The van der Waals surface area contributed by atoms with Crippen LogP contribution in [0.1, 0.15) is 31.2 Å². The van der Waals surface area contributed by atoms with Crippen LogP contribution in [-0.4, -0.2) is 31.9 Å². The van der Waals surface area contributed by atoms with E-state index in [0.29, 0.717) is 18.2 Å². The molecule has 1 N–H and O–H groups in total. The van der Waals surface area contributed by atoms with Gasteiger partial charge in [-0.25, -0.2) is 0 Å². The second-order valence-corrected chi connectivity index (χ2v) is 5.67. The van der Waals surface area contributed by atoms with Crippen molar-refractivity contribution in [3.63, 3.8) is 0 Å². The van der Waals surface area contributed by atoms with Gasteiger partial charge in [0.05, 0.1) is 6.10 Å². The Morgan fingerprint density at radius 2 is 2.00 bits per heavy atom. The maximum Gasteiger partial charge on any atom is 0.123 e. The average molecular weight is 261 g/mol. The van der Waals surface area contributed by atoms with Crippen LogP contribution in [0, 0.1) is 0 Å². The van der Waals surface area contributed by atoms with Gasteiger partial charge in [0.25, 0.3) is 0 Å². The smallest absolute Gasteiger partial charge is 0.123 e. The monoisotopic (exact) mass is 261 g/mol. The molecule has 3 heteroatoms. The summed E-state index contributed by atoms with van der Waals surface area (Å²) in [6.07, 6.45) is 6.62. The van der Waals surface area contributed by atoms with Crippen LogP contribution in [0.2, 0.25) is 0 Å². The van der Waals surface area contributed by atoms with Crippen molar-refractivity contribution in [2.75, 3.05) is 13.7 Å². The minimum atomic E-state index is 0.303. The van der Waals surface area contributed by atoms with Gasteiger partial charge in [-0.2, -0.15) is 0 Å². The number of ether oxygens (including phenoxy) is 2. The van der Waals surface area contributed by atoms with Crippen LogP contribution in [0.3, 0.4) is 0 Å². The molecule has 1 atom stereocenters. The number of fused-ring (bicyclic) bond motifs is 1. The zero-order valence-corrected chi connectivity index (χ0v) is 11.6. The largest absolute Gasteiger partial charge is 0.488 e. The fourth-order valence-corrected chi connectivity index (χ4v) is 3.17. The fourth-order valence-electron chi connectivity index (χ4n) is 3.17. The van der Waals surface area contributed by atoms with Gasteiger partial charge in [-0.15, -0.1) is 0 Å². The number of nitrogens with one attached hydrogen (secondary N) is 1. The van der Waals surface area contributed by atoms with E-state index in [-0.39, 0.29) is 0 Å². The molecule has 0 amide bonds. The minimum Gasteiger partial charge on any atom is -0.488 e. The molecule has 0 radical (unpaired) electrons. The van der Waals surface area contributed by atoms with E-state index < -0.39 is 0 Å². The molecule has 1 aliphatic heterocycles. The Bertz CT molecular complexity index is 388. The number of methoxy groups -OCH3 is 1. The van der Waals surface area contributed by atoms with Gasteiger partial charge in [0.1, 0.15) is 11.9 Å². The molecular weight excluding hydrogens is 238 g/mol. The first-order chi connectivity index (χ1) is 9.35. The molecular formula is C16H23NO2. The lowest BCUT2D eigenvalue weighted by Crippen LogP contribution is -2.40. The molecule has 3 nitrogen and oxygen atoms in total. The number of rotatable bonds is 4. The first kappa shape index (κ1) is 12.9. The predicted octanol–water partition coefficient (Wildman–Crippen LogP) is 2.54. The van der Waals surface area contributed by atoms with Crippen molar-refractivity contribution in [2.45, 2.75) is 50.4 Å². The van der Waals surface area contributed by atoms with Crippen LogP contribution in [0.25, 0.3) is 0 Å². The molecule has 1 aromatic carbocycles. The van der Waals surface area contributed by atoms with Gasteiger partial charge in [-0.05, 0) is 37.3 Å². The number of para-hydroxylation sites is 1. The van der Waals surface area contributed by atoms with Crippen molar-refractivity contribution in [3.8, 4) is 5.75 Å². The molecule has 0 bridgehead atoms. The lowest BCUT2D eigenvalue weighted by atomic mass is 9.93. The molecule has 1 aliphatic carbocycles. The predicted molar refractivity (Wildman–Crippen MR) is 75.6 cm³/mol. The SMILES string of the molecule is COC1CCC(NCC2Cc3ccccc3O2)CC1. The highest BCUT2D eigenvalue weighted by Gasteiger charge is 2.25. The Hall–Kier alpha value is -1.06. The lowest BCUT2D eigenvalue weighted by Gasteiger charge is -2.29. The lowest BCUT2D eigenvalue weighted by molar-refractivity contribution is 0.0613. The molecule has 3 rings (SSSR count). The third-order valence-corrected chi connectivity index (χ3v) is 4.36. The van der Waals surface area contributed by atoms with Crippen molar-refractivity contribution < 1.29 is 9.47 Å². The van der Waals surface area contributed by atoms with Crippen molar-refractivity contribution in [2.24, 2.45) is 0 Å². The molecule has 1 saturated carbocycles. The highest BCUT2D eigenvalue weighted by molar-refractivity contribution is 5.37. The fraction of sp³-hybridized carbons (Fsp3) is 0.625. The van der Waals surface area contributed by atoms with E-state index >= 15 is 0 Å². The van der Waals surface area contributed by atoms with Gasteiger partial charge >= 0.3 is 0 Å². The summed E-state index contributed by atoms with van der Waals surface area (Å²) < 4.78 is 11.4. The first-order valence-corrected chi connectivity index (χ1v) is 7.36. The Kier molecular flexibility index (Phi) is 4.04. The highest BCUT2D eigenvalue weighted by atomic mass is 16.5. The van der Waals surface area contributed by atoms with Crippen LogP contribution < -0.4 is 10.1 Å². The molecule has 0 aromatic heterocycles. The van der Waals surface area contributed by atoms with E-state index in [2.05, 4.69) is 23.5 Å². The van der Waals surface area contributed by atoms with Crippen molar-refractivity contribution in [3.05, 3.63) is 29.8 Å². The van der Waals surface area contributed by atoms with E-state index in [9.17, 15) is 0 Å². The van der Waals surface area contributed by atoms with E-state index in [0.717, 1.165) is 18.7 Å². The van der Waals surface area contributed by atoms with Gasteiger partial charge in [-0.1, -0.05) is 18.2 Å². The highest BCUT2D eigenvalue weighted by Crippen LogP contribution is 2.28. The summed E-state index contributed by atoms with van der Waals surface area (Å²) >= 11 is 0. The minimum absolute atomic E-state index is 0.303. The summed E-state index contributed by atoms with van der Waals surface area (Å²) in [7, 11) is 1.82. The molecule has 1 unspecified atom stereocenters. The Morgan fingerprint density at radius 3 is 2.74 bits per heavy atom. The second-order valence-electron chi connectivity index (χ2n) is 5.67. The van der Waals surface area contributed by atoms with Crippen LogP contribution in [0.5, 0.6) is 5.75 Å². The topological polar surface area (TPSA) is 30.5 Å². The van der Waals surface area contributed by atoms with Gasteiger partial charge in [-0.3, -0.25) is 0 Å². The van der Waals surface area contributed by atoms with E-state index in [1.165, 1.54) is 31.2 Å². The second kappa shape index (κ2) is 5.93. The summed E-state index contributed by atoms with van der Waals surface area (Å²) in [6, 6.07) is 9.00. The van der Waals surface area contributed by atoms with Gasteiger partial charge in [0, 0.05) is 26.1 Å². The van der Waals surface area contributed by atoms with Crippen molar-refractivity contribution >= 4 is 0 Å². The van der Waals surface area contributed by atoms with Crippen LogP contribution in [0.4, 0.5) is 0 Å². The van der Waals surface area contributed by atoms with Crippen LogP contribution >= 0.6 is 0 Å². The van der Waals surface area contributed by atoms with Crippen LogP contribution in [-0.2, 0) is 11.2 Å². The molecule has 1 aromatic rings. The van der Waals surface area contributed by atoms with E-state index in [1.807, 2.05) is 13.2 Å². The van der Waals surface area contributed by atoms with Gasteiger partial charge < -0.3 is 14.8 Å². The molecule has 0 saturated heterocycles. The summed E-state index contributed by atoms with van der Waals surface area (Å²) in [5.41, 5.74) is 1.34. The van der Waals surface area contributed by atoms with Crippen LogP contribution in [0.15, 0.2) is 24.3 Å². The normalized spacial score (nSPS) is 29.8. The molecule has 0 spiro atoms. The zero-order valence-electron chi connectivity index (χ0n) is 11.6. The molecule has 104 valence electrons. The van der Waals surface area contributed by atoms with Crippen molar-refractivity contribution in [1.82, 2.24) is 5.32 Å². The average Bonchev–Trinajstić information content (AvgIpc) is 2.88. The number of benzene rings is 1. The summed E-state index contributed by atoms with van der Waals surface area (Å²) in [5, 5.41) is 3.66. The molecule has 1 fully saturated rings. The third kappa shape index (κ3) is 3.10.